The number of aliphatic hydroxyl groups is 1. The number of likely N-dealkylation sites (N-methyl/N-ethyl adjacent to an activating group) is 1. The van der Waals surface area contributed by atoms with E-state index >= 15 is 0 Å². The molecule has 0 saturated heterocycles. The smallest absolute Gasteiger partial charge is 0.415 e. The summed E-state index contributed by atoms with van der Waals surface area (Å²) in [7, 11) is 1.39. The van der Waals surface area contributed by atoms with Crippen LogP contribution in [0, 0.1) is 5.82 Å². The molecule has 120 valence electrons. The molecule has 22 heavy (non-hydrogen) atoms. The van der Waals surface area contributed by atoms with Gasteiger partial charge in [0.05, 0.1) is 18.3 Å². The van der Waals surface area contributed by atoms with E-state index in [9.17, 15) is 17.6 Å². The van der Waals surface area contributed by atoms with Crippen LogP contribution >= 0.6 is 0 Å². The van der Waals surface area contributed by atoms with Crippen molar-refractivity contribution in [1.29, 1.82) is 0 Å². The Bertz CT molecular complexity index is 627. The van der Waals surface area contributed by atoms with Gasteiger partial charge in [0.2, 0.25) is 5.89 Å². The quantitative estimate of drug-likeness (QED) is 0.861. The summed E-state index contributed by atoms with van der Waals surface area (Å²) in [6.07, 6.45) is -5.82. The molecule has 0 aliphatic carbocycles. The van der Waals surface area contributed by atoms with Crippen LogP contribution in [0.2, 0.25) is 0 Å². The van der Waals surface area contributed by atoms with Crippen LogP contribution in [-0.4, -0.2) is 40.9 Å². The highest BCUT2D eigenvalue weighted by atomic mass is 19.4. The number of halogens is 4. The topological polar surface area (TPSA) is 49.5 Å². The second kappa shape index (κ2) is 6.45. The second-order valence-electron chi connectivity index (χ2n) is 4.85. The molecule has 1 heterocycles. The van der Waals surface area contributed by atoms with Gasteiger partial charge in [-0.2, -0.15) is 13.2 Å². The summed E-state index contributed by atoms with van der Waals surface area (Å²) < 4.78 is 55.7. The standard InChI is InChI=1S/C14H14F4N2O2/c1-20(7-12(21)14(16,17)18)8-13-19-6-11(22-13)9-4-2-3-5-10(9)15/h2-6,12,21H,7-8H2,1H3. The summed E-state index contributed by atoms with van der Waals surface area (Å²) in [6.45, 7) is -0.650. The molecule has 1 aromatic heterocycles. The average Bonchev–Trinajstić information content (AvgIpc) is 2.86. The lowest BCUT2D eigenvalue weighted by Crippen LogP contribution is -2.39. The van der Waals surface area contributed by atoms with E-state index < -0.39 is 24.6 Å². The van der Waals surface area contributed by atoms with Crippen molar-refractivity contribution < 1.29 is 27.1 Å². The van der Waals surface area contributed by atoms with Crippen LogP contribution in [0.3, 0.4) is 0 Å². The van der Waals surface area contributed by atoms with Gasteiger partial charge in [0.1, 0.15) is 5.82 Å². The van der Waals surface area contributed by atoms with Crippen molar-refractivity contribution in [2.75, 3.05) is 13.6 Å². The Morgan fingerprint density at radius 2 is 2.00 bits per heavy atom. The minimum Gasteiger partial charge on any atom is -0.439 e. The lowest BCUT2D eigenvalue weighted by atomic mass is 10.2. The monoisotopic (exact) mass is 318 g/mol. The fraction of sp³-hybridized carbons (Fsp3) is 0.357. The van der Waals surface area contributed by atoms with E-state index in [-0.39, 0.29) is 23.8 Å². The molecule has 1 unspecified atom stereocenters. The predicted molar refractivity (Wildman–Crippen MR) is 70.3 cm³/mol. The van der Waals surface area contributed by atoms with Gasteiger partial charge in [0.25, 0.3) is 0 Å². The number of benzene rings is 1. The zero-order chi connectivity index (χ0) is 16.3. The Hall–Kier alpha value is -1.93. The highest BCUT2D eigenvalue weighted by Gasteiger charge is 2.38. The summed E-state index contributed by atoms with van der Waals surface area (Å²) in [5, 5.41) is 8.99. The lowest BCUT2D eigenvalue weighted by Gasteiger charge is -2.20. The first-order valence-corrected chi connectivity index (χ1v) is 6.40. The molecule has 1 aromatic carbocycles. The van der Waals surface area contributed by atoms with E-state index in [1.165, 1.54) is 36.3 Å². The summed E-state index contributed by atoms with van der Waals surface area (Å²) in [5.74, 6) is -0.154. The van der Waals surface area contributed by atoms with Gasteiger partial charge in [0, 0.05) is 6.54 Å². The Kier molecular flexibility index (Phi) is 4.82. The maximum Gasteiger partial charge on any atom is 0.415 e. The van der Waals surface area contributed by atoms with Gasteiger partial charge in [-0.05, 0) is 19.2 Å². The number of hydrogen-bond donors (Lipinski definition) is 1. The zero-order valence-electron chi connectivity index (χ0n) is 11.6. The van der Waals surface area contributed by atoms with E-state index in [4.69, 9.17) is 9.52 Å². The number of alkyl halides is 3. The number of aromatic nitrogens is 1. The van der Waals surface area contributed by atoms with Crippen LogP contribution in [0.1, 0.15) is 5.89 Å². The van der Waals surface area contributed by atoms with Crippen molar-refractivity contribution in [2.45, 2.75) is 18.8 Å². The fourth-order valence-electron chi connectivity index (χ4n) is 1.86. The maximum atomic E-state index is 13.6. The Labute approximate surface area is 124 Å². The van der Waals surface area contributed by atoms with Crippen LogP contribution < -0.4 is 0 Å². The van der Waals surface area contributed by atoms with Crippen LogP contribution in [0.15, 0.2) is 34.9 Å². The van der Waals surface area contributed by atoms with E-state index in [1.807, 2.05) is 0 Å². The van der Waals surface area contributed by atoms with Crippen molar-refractivity contribution >= 4 is 0 Å². The second-order valence-corrected chi connectivity index (χ2v) is 4.85. The van der Waals surface area contributed by atoms with Gasteiger partial charge < -0.3 is 9.52 Å². The molecule has 0 radical (unpaired) electrons. The van der Waals surface area contributed by atoms with E-state index in [2.05, 4.69) is 4.98 Å². The van der Waals surface area contributed by atoms with E-state index in [1.54, 1.807) is 6.07 Å². The number of aliphatic hydroxyl groups excluding tert-OH is 1. The first-order chi connectivity index (χ1) is 10.3. The first kappa shape index (κ1) is 16.4. The van der Waals surface area contributed by atoms with Gasteiger partial charge >= 0.3 is 6.18 Å². The van der Waals surface area contributed by atoms with Gasteiger partial charge in [-0.1, -0.05) is 12.1 Å². The third-order valence-electron chi connectivity index (χ3n) is 2.96. The molecule has 0 bridgehead atoms. The van der Waals surface area contributed by atoms with Crippen molar-refractivity contribution in [3.05, 3.63) is 42.2 Å². The predicted octanol–water partition coefficient (Wildman–Crippen LogP) is 2.84. The molecule has 0 aliphatic heterocycles. The highest BCUT2D eigenvalue weighted by Crippen LogP contribution is 2.24. The maximum absolute atomic E-state index is 13.6. The highest BCUT2D eigenvalue weighted by molar-refractivity contribution is 5.56. The van der Waals surface area contributed by atoms with Gasteiger partial charge in [-0.3, -0.25) is 4.90 Å². The molecule has 0 fully saturated rings. The summed E-state index contributed by atoms with van der Waals surface area (Å²) in [4.78, 5) is 5.12. The minimum absolute atomic E-state index is 0.0401. The SMILES string of the molecule is CN(Cc1ncc(-c2ccccc2F)o1)CC(O)C(F)(F)F. The zero-order valence-corrected chi connectivity index (χ0v) is 11.6. The number of hydrogen-bond acceptors (Lipinski definition) is 4. The van der Waals surface area contributed by atoms with Gasteiger partial charge in [0.15, 0.2) is 11.9 Å². The van der Waals surface area contributed by atoms with Crippen LogP contribution in [0.5, 0.6) is 0 Å². The van der Waals surface area contributed by atoms with Crippen molar-refractivity contribution in [3.63, 3.8) is 0 Å². The summed E-state index contributed by atoms with van der Waals surface area (Å²) in [6, 6.07) is 5.94. The fourth-order valence-corrected chi connectivity index (χ4v) is 1.86. The Morgan fingerprint density at radius 3 is 2.64 bits per heavy atom. The summed E-state index contributed by atoms with van der Waals surface area (Å²) >= 11 is 0. The van der Waals surface area contributed by atoms with E-state index in [0.717, 1.165) is 0 Å². The van der Waals surface area contributed by atoms with Gasteiger partial charge in [-0.15, -0.1) is 0 Å². The summed E-state index contributed by atoms with van der Waals surface area (Å²) in [5.41, 5.74) is 0.222. The molecular weight excluding hydrogens is 304 g/mol. The largest absolute Gasteiger partial charge is 0.439 e. The van der Waals surface area contributed by atoms with Crippen molar-refractivity contribution in [2.24, 2.45) is 0 Å². The average molecular weight is 318 g/mol. The first-order valence-electron chi connectivity index (χ1n) is 6.40. The van der Waals surface area contributed by atoms with Crippen molar-refractivity contribution in [3.8, 4) is 11.3 Å². The molecule has 0 saturated carbocycles. The normalized spacial score (nSPS) is 13.6. The molecule has 1 N–H and O–H groups in total. The Balaban J connectivity index is 2.02. The Morgan fingerprint density at radius 1 is 1.32 bits per heavy atom. The van der Waals surface area contributed by atoms with Crippen LogP contribution in [0.4, 0.5) is 17.6 Å². The number of nitrogens with zero attached hydrogens (tertiary/aromatic N) is 2. The number of oxazole rings is 1. The molecule has 1 atom stereocenters. The molecule has 2 rings (SSSR count). The van der Waals surface area contributed by atoms with Crippen LogP contribution in [0.25, 0.3) is 11.3 Å². The molecule has 2 aromatic rings. The van der Waals surface area contributed by atoms with Crippen LogP contribution in [-0.2, 0) is 6.54 Å². The molecule has 8 heteroatoms. The molecule has 4 nitrogen and oxygen atoms in total. The molecule has 0 aliphatic rings. The third kappa shape index (κ3) is 4.05. The van der Waals surface area contributed by atoms with Crippen molar-refractivity contribution in [1.82, 2.24) is 9.88 Å². The lowest BCUT2D eigenvalue weighted by molar-refractivity contribution is -0.207. The third-order valence-corrected chi connectivity index (χ3v) is 2.96. The molecular formula is C14H14F4N2O2. The minimum atomic E-state index is -4.68. The van der Waals surface area contributed by atoms with Gasteiger partial charge in [-0.25, -0.2) is 9.37 Å². The molecule has 0 amide bonds. The molecule has 0 spiro atoms. The number of rotatable bonds is 5. The van der Waals surface area contributed by atoms with E-state index in [0.29, 0.717) is 0 Å².